The molecular weight excluding hydrogens is 810 g/mol. The Morgan fingerprint density at radius 3 is 1.42 bits per heavy atom. The maximum atomic E-state index is 2.72. The smallest absolute Gasteiger partial charge is 0.226 e. The minimum absolute atomic E-state index is 0.0252. The zero-order valence-corrected chi connectivity index (χ0v) is 39.8. The Balaban J connectivity index is 1.30. The van der Waals surface area contributed by atoms with E-state index in [4.69, 9.17) is 0 Å². The van der Waals surface area contributed by atoms with Crippen molar-refractivity contribution in [3.05, 3.63) is 241 Å². The molecule has 11 rings (SSSR count). The Morgan fingerprint density at radius 2 is 0.896 bits per heavy atom. The summed E-state index contributed by atoms with van der Waals surface area (Å²) in [6.45, 7) is 16.6. The van der Waals surface area contributed by atoms with Crippen LogP contribution in [0.3, 0.4) is 0 Å². The molecule has 2 unspecified atom stereocenters. The maximum Gasteiger partial charge on any atom is 0.226 e. The fraction of sp³-hybridized carbons (Fsp3) is 0.175. The van der Waals surface area contributed by atoms with Crippen LogP contribution in [0.4, 0.5) is 34.1 Å². The summed E-state index contributed by atoms with van der Waals surface area (Å²) >= 11 is 0. The van der Waals surface area contributed by atoms with Crippen molar-refractivity contribution < 1.29 is 0 Å². The number of benzene rings is 8. The van der Waals surface area contributed by atoms with Crippen molar-refractivity contribution in [2.45, 2.75) is 70.7 Å². The zero-order valence-electron chi connectivity index (χ0n) is 39.8. The fourth-order valence-electron chi connectivity index (χ4n) is 11.2. The van der Waals surface area contributed by atoms with Crippen molar-refractivity contribution in [3.63, 3.8) is 0 Å². The standard InChI is InChI=1S/C63H58BN3/c1-61(2,3)46-36-38-57-53(40-46)64-54-41-47(62(4,5)6)37-39-58(54)67(56-35-23-21-33-52(56)45-26-14-9-15-27-45)63(7)43-50(65(48-28-16-10-17-29-48)49-30-18-11-19-31-49)42-59(60(63)64)66(57)55-34-22-20-32-51(55)44-24-12-8-13-25-44/h8-43,60H,1-7H3. The van der Waals surface area contributed by atoms with Gasteiger partial charge in [0.15, 0.2) is 0 Å². The zero-order chi connectivity index (χ0) is 46.1. The topological polar surface area (TPSA) is 9.72 Å². The molecule has 8 aromatic rings. The average molecular weight is 868 g/mol. The van der Waals surface area contributed by atoms with E-state index in [1.54, 1.807) is 0 Å². The second-order valence-corrected chi connectivity index (χ2v) is 20.8. The van der Waals surface area contributed by atoms with Gasteiger partial charge in [-0.3, -0.25) is 0 Å². The molecule has 0 saturated heterocycles. The lowest BCUT2D eigenvalue weighted by Gasteiger charge is -2.59. The lowest BCUT2D eigenvalue weighted by Crippen LogP contribution is -2.68. The summed E-state index contributed by atoms with van der Waals surface area (Å²) in [7, 11) is 0. The molecule has 0 bridgehead atoms. The first-order valence-corrected chi connectivity index (χ1v) is 23.9. The van der Waals surface area contributed by atoms with Crippen LogP contribution in [0.1, 0.15) is 59.6 Å². The van der Waals surface area contributed by atoms with Gasteiger partial charge in [-0.25, -0.2) is 0 Å². The summed E-state index contributed by atoms with van der Waals surface area (Å²) in [5.41, 5.74) is 18.9. The van der Waals surface area contributed by atoms with Crippen LogP contribution in [-0.4, -0.2) is 12.3 Å². The van der Waals surface area contributed by atoms with Crippen molar-refractivity contribution in [1.29, 1.82) is 0 Å². The van der Waals surface area contributed by atoms with Gasteiger partial charge in [-0.15, -0.1) is 0 Å². The van der Waals surface area contributed by atoms with Crippen molar-refractivity contribution in [1.82, 2.24) is 0 Å². The molecule has 67 heavy (non-hydrogen) atoms. The third-order valence-electron chi connectivity index (χ3n) is 14.4. The van der Waals surface area contributed by atoms with Gasteiger partial charge in [0, 0.05) is 56.8 Å². The Morgan fingerprint density at radius 1 is 0.463 bits per heavy atom. The van der Waals surface area contributed by atoms with Crippen LogP contribution in [0.2, 0.25) is 5.82 Å². The van der Waals surface area contributed by atoms with E-state index in [0.29, 0.717) is 0 Å². The van der Waals surface area contributed by atoms with Gasteiger partial charge in [-0.1, -0.05) is 199 Å². The summed E-state index contributed by atoms with van der Waals surface area (Å²) in [4.78, 5) is 7.83. The Hall–Kier alpha value is -7.30. The number of hydrogen-bond acceptors (Lipinski definition) is 3. The molecular formula is C63H58BN3. The summed E-state index contributed by atoms with van der Waals surface area (Å²) in [6, 6.07) is 76.6. The van der Waals surface area contributed by atoms with Gasteiger partial charge in [0.2, 0.25) is 6.71 Å². The van der Waals surface area contributed by atoms with Gasteiger partial charge in [0.25, 0.3) is 0 Å². The molecule has 3 aliphatic rings. The normalized spacial score (nSPS) is 17.5. The molecule has 2 atom stereocenters. The molecule has 0 fully saturated rings. The molecule has 2 aliphatic heterocycles. The maximum absolute atomic E-state index is 2.72. The fourth-order valence-corrected chi connectivity index (χ4v) is 11.2. The van der Waals surface area contributed by atoms with Crippen LogP contribution < -0.4 is 25.6 Å². The second-order valence-electron chi connectivity index (χ2n) is 20.8. The number of fused-ring (bicyclic) bond motifs is 4. The number of nitrogens with zero attached hydrogens (tertiary/aromatic N) is 3. The molecule has 3 nitrogen and oxygen atoms in total. The van der Waals surface area contributed by atoms with Crippen LogP contribution in [0.25, 0.3) is 22.3 Å². The van der Waals surface area contributed by atoms with Gasteiger partial charge >= 0.3 is 0 Å². The average Bonchev–Trinajstić information content (AvgIpc) is 3.34. The minimum Gasteiger partial charge on any atom is -0.332 e. The molecule has 0 aromatic heterocycles. The summed E-state index contributed by atoms with van der Waals surface area (Å²) in [5, 5.41) is 0. The molecule has 0 spiro atoms. The van der Waals surface area contributed by atoms with Gasteiger partial charge in [-0.2, -0.15) is 0 Å². The summed E-state index contributed by atoms with van der Waals surface area (Å²) in [5.74, 6) is -0.0252. The van der Waals surface area contributed by atoms with E-state index in [9.17, 15) is 0 Å². The van der Waals surface area contributed by atoms with Crippen LogP contribution >= 0.6 is 0 Å². The van der Waals surface area contributed by atoms with E-state index >= 15 is 0 Å². The molecule has 328 valence electrons. The van der Waals surface area contributed by atoms with Crippen LogP contribution in [0, 0.1) is 0 Å². The highest BCUT2D eigenvalue weighted by Crippen LogP contribution is 2.58. The van der Waals surface area contributed by atoms with Crippen molar-refractivity contribution in [2.24, 2.45) is 0 Å². The number of rotatable bonds is 7. The predicted molar refractivity (Wildman–Crippen MR) is 287 cm³/mol. The van der Waals surface area contributed by atoms with E-state index in [2.05, 4.69) is 282 Å². The molecule has 0 radical (unpaired) electrons. The third-order valence-corrected chi connectivity index (χ3v) is 14.4. The molecule has 0 amide bonds. The quantitative estimate of drug-likeness (QED) is 0.148. The molecule has 8 aromatic carbocycles. The highest BCUT2D eigenvalue weighted by Gasteiger charge is 2.59. The molecule has 0 saturated carbocycles. The lowest BCUT2D eigenvalue weighted by atomic mass is 9.26. The minimum atomic E-state index is -0.609. The predicted octanol–water partition coefficient (Wildman–Crippen LogP) is 15.3. The number of allylic oxidation sites excluding steroid dienone is 1. The third kappa shape index (κ3) is 7.22. The first-order valence-electron chi connectivity index (χ1n) is 23.9. The summed E-state index contributed by atoms with van der Waals surface area (Å²) < 4.78 is 0. The molecule has 2 heterocycles. The van der Waals surface area contributed by atoms with Crippen LogP contribution in [0.5, 0.6) is 0 Å². The van der Waals surface area contributed by atoms with Crippen molar-refractivity contribution in [3.8, 4) is 22.3 Å². The van der Waals surface area contributed by atoms with Gasteiger partial charge in [-0.05, 0) is 112 Å². The van der Waals surface area contributed by atoms with E-state index in [1.807, 2.05) is 0 Å². The van der Waals surface area contributed by atoms with Gasteiger partial charge in [0.1, 0.15) is 0 Å². The van der Waals surface area contributed by atoms with Gasteiger partial charge < -0.3 is 14.7 Å². The lowest BCUT2D eigenvalue weighted by molar-refractivity contribution is 0.531. The van der Waals surface area contributed by atoms with Crippen LogP contribution in [-0.2, 0) is 10.8 Å². The molecule has 0 N–H and O–H groups in total. The van der Waals surface area contributed by atoms with E-state index < -0.39 is 5.54 Å². The number of anilines is 6. The Bertz CT molecular complexity index is 3140. The van der Waals surface area contributed by atoms with Crippen molar-refractivity contribution >= 4 is 51.8 Å². The SMILES string of the molecule is CC(C)(C)c1ccc2c(c1)B1c3cc(C(C)(C)C)ccc3N(c3ccccc3-c3ccccc3)C3(C)C=C(N(c4ccccc4)c4ccccc4)C=C(C13)N2c1ccccc1-c1ccccc1. The molecule has 4 heteroatoms. The highest BCUT2D eigenvalue weighted by molar-refractivity contribution is 6.90. The summed E-state index contributed by atoms with van der Waals surface area (Å²) in [6.07, 6.45) is 5.14. The van der Waals surface area contributed by atoms with Crippen molar-refractivity contribution in [2.75, 3.05) is 14.7 Å². The molecule has 1 aliphatic carbocycles. The Kier molecular flexibility index (Phi) is 10.3. The van der Waals surface area contributed by atoms with Gasteiger partial charge in [0.05, 0.1) is 11.2 Å². The monoisotopic (exact) mass is 867 g/mol. The first kappa shape index (κ1) is 42.3. The Labute approximate surface area is 398 Å². The second kappa shape index (κ2) is 16.2. The highest BCUT2D eigenvalue weighted by atomic mass is 15.3. The first-order chi connectivity index (χ1) is 32.4. The van der Waals surface area contributed by atoms with E-state index in [0.717, 1.165) is 17.1 Å². The van der Waals surface area contributed by atoms with E-state index in [-0.39, 0.29) is 23.4 Å². The largest absolute Gasteiger partial charge is 0.332 e. The number of para-hydroxylation sites is 4. The van der Waals surface area contributed by atoms with Crippen LogP contribution in [0.15, 0.2) is 230 Å². The van der Waals surface area contributed by atoms with E-state index in [1.165, 1.54) is 72.8 Å². The number of hydrogen-bond donors (Lipinski definition) is 0.